The van der Waals surface area contributed by atoms with Crippen molar-refractivity contribution < 1.29 is 14.3 Å². The number of carbonyl (C=O) groups is 2. The number of nitriles is 1. The molecule has 2 amide bonds. The summed E-state index contributed by atoms with van der Waals surface area (Å²) in [6.45, 7) is 5.83. The Kier molecular flexibility index (Phi) is 5.53. The van der Waals surface area contributed by atoms with Crippen molar-refractivity contribution in [3.8, 4) is 23.1 Å². The summed E-state index contributed by atoms with van der Waals surface area (Å²) in [5.41, 5.74) is 2.71. The number of ether oxygens (including phenoxy) is 1. The number of imidazole rings is 1. The van der Waals surface area contributed by atoms with Crippen molar-refractivity contribution in [2.24, 2.45) is 5.92 Å². The fourth-order valence-electron chi connectivity index (χ4n) is 4.73. The van der Waals surface area contributed by atoms with E-state index in [4.69, 9.17) is 4.74 Å². The third kappa shape index (κ3) is 3.69. The van der Waals surface area contributed by atoms with Gasteiger partial charge in [0.2, 0.25) is 11.8 Å². The second-order valence-electron chi connectivity index (χ2n) is 8.67. The van der Waals surface area contributed by atoms with Crippen LogP contribution in [-0.4, -0.2) is 74.1 Å². The molecular weight excluding hydrogens is 434 g/mol. The normalized spacial score (nSPS) is 16.8. The quantitative estimate of drug-likeness (QED) is 0.539. The molecule has 0 aliphatic carbocycles. The van der Waals surface area contributed by atoms with Crippen molar-refractivity contribution in [1.82, 2.24) is 29.0 Å². The number of amides is 2. The van der Waals surface area contributed by atoms with Gasteiger partial charge in [-0.3, -0.25) is 9.59 Å². The number of piperidine rings is 1. The lowest BCUT2D eigenvalue weighted by Gasteiger charge is -2.42. The molecule has 0 bridgehead atoms. The highest BCUT2D eigenvalue weighted by molar-refractivity contribution is 5.90. The summed E-state index contributed by atoms with van der Waals surface area (Å²) in [7, 11) is 1.57. The highest BCUT2D eigenvalue weighted by Gasteiger charge is 2.38. The molecule has 0 atom stereocenters. The van der Waals surface area contributed by atoms with E-state index in [1.165, 1.54) is 12.3 Å². The zero-order valence-electron chi connectivity index (χ0n) is 18.9. The van der Waals surface area contributed by atoms with Gasteiger partial charge in [0, 0.05) is 50.2 Å². The van der Waals surface area contributed by atoms with Crippen LogP contribution in [0.1, 0.15) is 24.4 Å². The van der Waals surface area contributed by atoms with Gasteiger partial charge in [0.05, 0.1) is 31.2 Å². The zero-order valence-corrected chi connectivity index (χ0v) is 18.9. The first-order chi connectivity index (χ1) is 16.5. The number of rotatable bonds is 5. The van der Waals surface area contributed by atoms with Crippen molar-refractivity contribution in [3.05, 3.63) is 49.2 Å². The molecule has 2 saturated heterocycles. The Balaban J connectivity index is 1.24. The lowest BCUT2D eigenvalue weighted by molar-refractivity contribution is -0.147. The summed E-state index contributed by atoms with van der Waals surface area (Å²) in [6, 6.07) is 4.26. The van der Waals surface area contributed by atoms with Crippen LogP contribution in [-0.2, 0) is 9.59 Å². The van der Waals surface area contributed by atoms with E-state index in [0.29, 0.717) is 43.0 Å². The molecule has 3 aromatic heterocycles. The van der Waals surface area contributed by atoms with Gasteiger partial charge in [0.25, 0.3) is 0 Å². The van der Waals surface area contributed by atoms with Gasteiger partial charge in [0.15, 0.2) is 0 Å². The molecule has 0 saturated carbocycles. The number of fused-ring (bicyclic) bond motifs is 1. The van der Waals surface area contributed by atoms with Gasteiger partial charge in [-0.15, -0.1) is 0 Å². The number of likely N-dealkylation sites (tertiary alicyclic amines) is 2. The van der Waals surface area contributed by atoms with Crippen LogP contribution >= 0.6 is 0 Å². The standard InChI is InChI=1S/C24H25N7O3/c1-3-22(32)29-11-18(12-29)24(33)28-6-4-19(5-7-28)30-14-20(26-15-30)16-8-21(34-2)23-17(9-25)10-27-31(23)13-16/h3,8,10,13-15,18-19H,1,4-7,11-12H2,2H3. The SMILES string of the molecule is C=CC(=O)N1CC(C(=O)N2CCC(n3cnc(-c4cc(OC)c5c(C#N)cnn5c4)c3)CC2)C1. The van der Waals surface area contributed by atoms with Gasteiger partial charge in [-0.1, -0.05) is 6.58 Å². The Morgan fingerprint density at radius 3 is 2.68 bits per heavy atom. The number of hydrogen-bond acceptors (Lipinski definition) is 6. The first-order valence-corrected chi connectivity index (χ1v) is 11.2. The highest BCUT2D eigenvalue weighted by atomic mass is 16.5. The Labute approximate surface area is 196 Å². The summed E-state index contributed by atoms with van der Waals surface area (Å²) in [6.07, 6.45) is 10.2. The molecule has 34 heavy (non-hydrogen) atoms. The van der Waals surface area contributed by atoms with Crippen LogP contribution in [0.4, 0.5) is 0 Å². The third-order valence-corrected chi connectivity index (χ3v) is 6.73. The molecule has 0 spiro atoms. The van der Waals surface area contributed by atoms with Crippen LogP contribution in [0.5, 0.6) is 5.75 Å². The molecule has 10 nitrogen and oxygen atoms in total. The largest absolute Gasteiger partial charge is 0.494 e. The molecule has 0 aromatic carbocycles. The van der Waals surface area contributed by atoms with Gasteiger partial charge in [-0.25, -0.2) is 9.50 Å². The Bertz CT molecular complexity index is 1300. The maximum atomic E-state index is 12.8. The van der Waals surface area contributed by atoms with Gasteiger partial charge < -0.3 is 19.1 Å². The zero-order chi connectivity index (χ0) is 23.8. The molecule has 0 radical (unpaired) electrons. The summed E-state index contributed by atoms with van der Waals surface area (Å²) < 4.78 is 9.24. The van der Waals surface area contributed by atoms with Crippen molar-refractivity contribution >= 4 is 17.3 Å². The fraction of sp³-hybridized carbons (Fsp3) is 0.375. The number of pyridine rings is 1. The van der Waals surface area contributed by atoms with E-state index in [1.54, 1.807) is 16.5 Å². The van der Waals surface area contributed by atoms with Crippen LogP contribution < -0.4 is 4.74 Å². The first-order valence-electron chi connectivity index (χ1n) is 11.2. The predicted octanol–water partition coefficient (Wildman–Crippen LogP) is 1.89. The van der Waals surface area contributed by atoms with Crippen LogP contribution in [0.3, 0.4) is 0 Å². The van der Waals surface area contributed by atoms with E-state index < -0.39 is 0 Å². The molecule has 0 N–H and O–H groups in total. The smallest absolute Gasteiger partial charge is 0.246 e. The minimum Gasteiger partial charge on any atom is -0.494 e. The molecule has 2 aliphatic heterocycles. The third-order valence-electron chi connectivity index (χ3n) is 6.73. The monoisotopic (exact) mass is 459 g/mol. The van der Waals surface area contributed by atoms with E-state index in [0.717, 1.165) is 24.1 Å². The average Bonchev–Trinajstić information content (AvgIpc) is 3.49. The molecule has 2 fully saturated rings. The second-order valence-corrected chi connectivity index (χ2v) is 8.67. The van der Waals surface area contributed by atoms with Crippen molar-refractivity contribution in [1.29, 1.82) is 5.26 Å². The summed E-state index contributed by atoms with van der Waals surface area (Å²) in [5, 5.41) is 13.6. The minimum atomic E-state index is -0.117. The minimum absolute atomic E-state index is 0.103. The lowest BCUT2D eigenvalue weighted by atomic mass is 9.96. The topological polar surface area (TPSA) is 109 Å². The van der Waals surface area contributed by atoms with Crippen molar-refractivity contribution in [3.63, 3.8) is 0 Å². The maximum Gasteiger partial charge on any atom is 0.246 e. The maximum absolute atomic E-state index is 12.8. The Morgan fingerprint density at radius 2 is 2.00 bits per heavy atom. The number of methoxy groups -OCH3 is 1. The molecule has 5 rings (SSSR count). The Morgan fingerprint density at radius 1 is 1.24 bits per heavy atom. The van der Waals surface area contributed by atoms with Crippen molar-refractivity contribution in [2.75, 3.05) is 33.3 Å². The van der Waals surface area contributed by atoms with Gasteiger partial charge in [-0.05, 0) is 25.0 Å². The van der Waals surface area contributed by atoms with Gasteiger partial charge in [-0.2, -0.15) is 10.4 Å². The van der Waals surface area contributed by atoms with Crippen LogP contribution in [0.25, 0.3) is 16.8 Å². The molecule has 0 unspecified atom stereocenters. The second kappa shape index (κ2) is 8.67. The predicted molar refractivity (Wildman–Crippen MR) is 123 cm³/mol. The summed E-state index contributed by atoms with van der Waals surface area (Å²) in [4.78, 5) is 32.5. The summed E-state index contributed by atoms with van der Waals surface area (Å²) >= 11 is 0. The van der Waals surface area contributed by atoms with Crippen LogP contribution in [0.15, 0.2) is 43.6 Å². The van der Waals surface area contributed by atoms with E-state index in [-0.39, 0.29) is 23.8 Å². The van der Waals surface area contributed by atoms with E-state index in [2.05, 4.69) is 27.3 Å². The van der Waals surface area contributed by atoms with Gasteiger partial charge >= 0.3 is 0 Å². The van der Waals surface area contributed by atoms with E-state index in [9.17, 15) is 14.9 Å². The summed E-state index contributed by atoms with van der Waals surface area (Å²) in [5.74, 6) is 0.481. The number of aromatic nitrogens is 4. The molecular formula is C24H25N7O3. The highest BCUT2D eigenvalue weighted by Crippen LogP contribution is 2.31. The van der Waals surface area contributed by atoms with Crippen LogP contribution in [0.2, 0.25) is 0 Å². The average molecular weight is 460 g/mol. The van der Waals surface area contributed by atoms with E-state index in [1.807, 2.05) is 29.7 Å². The van der Waals surface area contributed by atoms with Gasteiger partial charge in [0.1, 0.15) is 22.9 Å². The fourth-order valence-corrected chi connectivity index (χ4v) is 4.73. The van der Waals surface area contributed by atoms with E-state index >= 15 is 0 Å². The Hall–Kier alpha value is -4.13. The molecule has 10 heteroatoms. The van der Waals surface area contributed by atoms with Crippen molar-refractivity contribution in [2.45, 2.75) is 18.9 Å². The lowest BCUT2D eigenvalue weighted by Crippen LogP contribution is -2.57. The first kappa shape index (κ1) is 21.7. The molecule has 5 heterocycles. The van der Waals surface area contributed by atoms with Crippen LogP contribution in [0, 0.1) is 17.2 Å². The number of hydrogen-bond donors (Lipinski definition) is 0. The molecule has 2 aliphatic rings. The molecule has 174 valence electrons. The number of carbonyl (C=O) groups excluding carboxylic acids is 2. The number of nitrogens with zero attached hydrogens (tertiary/aromatic N) is 7. The molecule has 3 aromatic rings.